The van der Waals surface area contributed by atoms with Crippen LogP contribution in [0.4, 0.5) is 0 Å². The lowest BCUT2D eigenvalue weighted by molar-refractivity contribution is -0.870. The van der Waals surface area contributed by atoms with Crippen molar-refractivity contribution in [3.63, 3.8) is 0 Å². The molecule has 0 fully saturated rings. The molecule has 0 aromatic carbocycles. The molecule has 0 aromatic rings. The van der Waals surface area contributed by atoms with E-state index in [1.807, 2.05) is 21.1 Å². The van der Waals surface area contributed by atoms with Crippen LogP contribution in [0.3, 0.4) is 0 Å². The van der Waals surface area contributed by atoms with Crippen LogP contribution < -0.4 is 0 Å². The van der Waals surface area contributed by atoms with Crippen molar-refractivity contribution in [1.82, 2.24) is 0 Å². The topological polar surface area (TPSA) is 108 Å². The Morgan fingerprint density at radius 2 is 0.600 bits per heavy atom. The molecule has 2 atom stereocenters. The van der Waals surface area contributed by atoms with Gasteiger partial charge in [-0.05, 0) is 135 Å². The maximum atomic E-state index is 12.9. The molecule has 508 valence electrons. The zero-order valence-electron chi connectivity index (χ0n) is 57.8. The van der Waals surface area contributed by atoms with Gasteiger partial charge in [-0.2, -0.15) is 0 Å². The Labute approximate surface area is 552 Å². The number of quaternary nitrogens is 1. The molecule has 0 amide bonds. The van der Waals surface area contributed by atoms with Gasteiger partial charge in [0.2, 0.25) is 0 Å². The van der Waals surface area contributed by atoms with Gasteiger partial charge in [-0.1, -0.05) is 292 Å². The van der Waals surface area contributed by atoms with Crippen LogP contribution in [0.15, 0.2) is 182 Å². The zero-order valence-corrected chi connectivity index (χ0v) is 58.7. The number of ether oxygens (including phenoxy) is 2. The van der Waals surface area contributed by atoms with Crippen molar-refractivity contribution >= 4 is 19.8 Å². The molecule has 0 heterocycles. The Hall–Kier alpha value is -4.89. The van der Waals surface area contributed by atoms with E-state index in [-0.39, 0.29) is 32.0 Å². The first-order valence-electron chi connectivity index (χ1n) is 35.5. The molecule has 0 saturated carbocycles. The van der Waals surface area contributed by atoms with Crippen molar-refractivity contribution in [3.8, 4) is 0 Å². The monoisotopic (exact) mass is 1260 g/mol. The van der Waals surface area contributed by atoms with Crippen molar-refractivity contribution < 1.29 is 42.1 Å². The average molecular weight is 1270 g/mol. The molecular weight excluding hydrogens is 1130 g/mol. The van der Waals surface area contributed by atoms with Crippen LogP contribution in [0.1, 0.15) is 258 Å². The van der Waals surface area contributed by atoms with E-state index in [4.69, 9.17) is 18.5 Å². The predicted octanol–water partition coefficient (Wildman–Crippen LogP) is 23.5. The largest absolute Gasteiger partial charge is 0.472 e. The molecule has 0 bridgehead atoms. The van der Waals surface area contributed by atoms with E-state index in [9.17, 15) is 19.0 Å². The minimum Gasteiger partial charge on any atom is -0.462 e. The SMILES string of the molecule is CC/C=C\C/C=C\C/C=C\C/C=C\C/C=C\C/C=C\C/C=C\C/C=C\CCCCCCCCC(=O)OC(COC(=O)CCCCCCCCCCCCCCC/C=C\C/C=C\C/C=C\C/C=C\C/C=C\C/C=C\C/C=C\CC)COP(=O)(O)OCC[N+](C)(C)C. The maximum Gasteiger partial charge on any atom is 0.472 e. The second-order valence-corrected chi connectivity index (χ2v) is 25.6. The summed E-state index contributed by atoms with van der Waals surface area (Å²) in [6.45, 7) is 4.17. The van der Waals surface area contributed by atoms with Crippen LogP contribution in [-0.4, -0.2) is 74.9 Å². The van der Waals surface area contributed by atoms with Crippen molar-refractivity contribution in [2.24, 2.45) is 0 Å². The highest BCUT2D eigenvalue weighted by Gasteiger charge is 2.27. The van der Waals surface area contributed by atoms with E-state index in [1.165, 1.54) is 70.6 Å². The van der Waals surface area contributed by atoms with Gasteiger partial charge in [-0.25, -0.2) is 4.57 Å². The van der Waals surface area contributed by atoms with E-state index in [1.54, 1.807) is 0 Å². The molecule has 0 rings (SSSR count). The van der Waals surface area contributed by atoms with Gasteiger partial charge in [0.25, 0.3) is 0 Å². The third-order valence-electron chi connectivity index (χ3n) is 14.4. The lowest BCUT2D eigenvalue weighted by Gasteiger charge is -2.24. The molecule has 10 heteroatoms. The number of phosphoric ester groups is 1. The van der Waals surface area contributed by atoms with Crippen LogP contribution in [0.2, 0.25) is 0 Å². The van der Waals surface area contributed by atoms with Crippen LogP contribution >= 0.6 is 7.82 Å². The average Bonchev–Trinajstić information content (AvgIpc) is 3.58. The second-order valence-electron chi connectivity index (χ2n) is 24.2. The van der Waals surface area contributed by atoms with Gasteiger partial charge in [0.05, 0.1) is 27.7 Å². The molecule has 0 saturated heterocycles. The molecule has 0 aromatic heterocycles. The lowest BCUT2D eigenvalue weighted by Crippen LogP contribution is -2.37. The highest BCUT2D eigenvalue weighted by molar-refractivity contribution is 7.47. The Kier molecular flexibility index (Phi) is 64.8. The number of unbranched alkanes of at least 4 members (excludes halogenated alkanes) is 19. The van der Waals surface area contributed by atoms with Crippen molar-refractivity contribution in [2.75, 3.05) is 47.5 Å². The molecule has 0 aliphatic rings. The van der Waals surface area contributed by atoms with Crippen LogP contribution in [0.25, 0.3) is 0 Å². The maximum absolute atomic E-state index is 12.9. The van der Waals surface area contributed by atoms with Gasteiger partial charge in [0.1, 0.15) is 19.8 Å². The highest BCUT2D eigenvalue weighted by atomic mass is 31.2. The van der Waals surface area contributed by atoms with E-state index in [0.717, 1.165) is 154 Å². The molecule has 0 spiro atoms. The normalized spacial score (nSPS) is 14.2. The number of allylic oxidation sites excluding steroid dienone is 30. The molecule has 9 nitrogen and oxygen atoms in total. The van der Waals surface area contributed by atoms with Gasteiger partial charge < -0.3 is 18.9 Å². The molecular formula is C80H131NO8P+. The fraction of sp³-hybridized carbons (Fsp3) is 0.600. The standard InChI is InChI=1S/C80H130NO8P/c1-6-8-10-12-14-16-18-20-22-24-26-28-30-32-34-36-38-39-40-41-43-44-46-48-50-52-54-56-58-60-62-64-66-68-70-72-79(82)86-76-78(77-88-90(84,85)87-75-74-81(3,4)5)89-80(83)73-71-69-67-65-63-61-59-57-55-53-51-49-47-45-42-37-35-33-31-29-27-25-23-21-19-17-15-13-11-9-7-2/h8-11,14-17,20-23,26-29,32-35,38-39,41-43,45,49,51,55,57,78H,6-7,12-13,18-19,24-25,30-31,36-37,40,44,46-48,50,52-54,56,58-77H2,1-5H3/p+1/b10-8-,11-9-,16-14-,17-15-,22-20-,23-21-,28-26-,29-27-,34-32-,35-33-,39-38-,43-41-,45-42-,51-49-,57-55-. The fourth-order valence-electron chi connectivity index (χ4n) is 9.07. The van der Waals surface area contributed by atoms with E-state index < -0.39 is 26.5 Å². The third kappa shape index (κ3) is 72.2. The minimum atomic E-state index is -4.41. The minimum absolute atomic E-state index is 0.0189. The van der Waals surface area contributed by atoms with Gasteiger partial charge in [-0.3, -0.25) is 18.6 Å². The summed E-state index contributed by atoms with van der Waals surface area (Å²) in [6, 6.07) is 0. The second kappa shape index (κ2) is 68.5. The molecule has 0 radical (unpaired) electrons. The van der Waals surface area contributed by atoms with Crippen LogP contribution in [-0.2, 0) is 32.7 Å². The van der Waals surface area contributed by atoms with E-state index in [2.05, 4.69) is 196 Å². The number of carbonyl (C=O) groups is 2. The summed E-state index contributed by atoms with van der Waals surface area (Å²) in [5.74, 6) is -0.825. The van der Waals surface area contributed by atoms with Crippen LogP contribution in [0, 0.1) is 0 Å². The summed E-state index contributed by atoms with van der Waals surface area (Å²) in [5, 5.41) is 0. The molecule has 0 aliphatic carbocycles. The number of hydrogen-bond acceptors (Lipinski definition) is 7. The van der Waals surface area contributed by atoms with E-state index in [0.29, 0.717) is 17.4 Å². The number of hydrogen-bond donors (Lipinski definition) is 1. The summed E-state index contributed by atoms with van der Waals surface area (Å²) in [6.07, 6.45) is 106. The van der Waals surface area contributed by atoms with E-state index >= 15 is 0 Å². The smallest absolute Gasteiger partial charge is 0.462 e. The number of carbonyl (C=O) groups excluding carboxylic acids is 2. The van der Waals surface area contributed by atoms with Gasteiger partial charge in [-0.15, -0.1) is 0 Å². The van der Waals surface area contributed by atoms with Crippen LogP contribution in [0.5, 0.6) is 0 Å². The first-order chi connectivity index (χ1) is 44.0. The predicted molar refractivity (Wildman–Crippen MR) is 389 cm³/mol. The number of nitrogens with zero attached hydrogens (tertiary/aromatic N) is 1. The zero-order chi connectivity index (χ0) is 65.5. The molecule has 90 heavy (non-hydrogen) atoms. The summed E-state index contributed by atoms with van der Waals surface area (Å²) in [5.41, 5.74) is 0. The summed E-state index contributed by atoms with van der Waals surface area (Å²) < 4.78 is 34.7. The summed E-state index contributed by atoms with van der Waals surface area (Å²) in [7, 11) is 1.44. The van der Waals surface area contributed by atoms with Crippen molar-refractivity contribution in [1.29, 1.82) is 0 Å². The quantitative estimate of drug-likeness (QED) is 0.0211. The first-order valence-corrected chi connectivity index (χ1v) is 37.0. The van der Waals surface area contributed by atoms with Crippen molar-refractivity contribution in [2.45, 2.75) is 264 Å². The Morgan fingerprint density at radius 1 is 0.344 bits per heavy atom. The number of rotatable bonds is 63. The summed E-state index contributed by atoms with van der Waals surface area (Å²) in [4.78, 5) is 35.9. The first kappa shape index (κ1) is 85.1. The highest BCUT2D eigenvalue weighted by Crippen LogP contribution is 2.43. The Balaban J connectivity index is 4.14. The van der Waals surface area contributed by atoms with Gasteiger partial charge in [0.15, 0.2) is 6.10 Å². The third-order valence-corrected chi connectivity index (χ3v) is 15.4. The van der Waals surface area contributed by atoms with Crippen molar-refractivity contribution in [3.05, 3.63) is 182 Å². The lowest BCUT2D eigenvalue weighted by atomic mass is 10.0. The number of phosphoric acid groups is 1. The van der Waals surface area contributed by atoms with Gasteiger partial charge >= 0.3 is 19.8 Å². The molecule has 1 N–H and O–H groups in total. The Bertz CT molecular complexity index is 2170. The molecule has 0 aliphatic heterocycles. The fourth-order valence-corrected chi connectivity index (χ4v) is 9.81. The Morgan fingerprint density at radius 3 is 0.889 bits per heavy atom. The van der Waals surface area contributed by atoms with Gasteiger partial charge in [0, 0.05) is 12.8 Å². The molecule has 2 unspecified atom stereocenters. The number of likely N-dealkylation sites (N-methyl/N-ethyl adjacent to an activating group) is 1. The number of esters is 2. The summed E-state index contributed by atoms with van der Waals surface area (Å²) >= 11 is 0.